The van der Waals surface area contributed by atoms with Gasteiger partial charge < -0.3 is 20.3 Å². The van der Waals surface area contributed by atoms with Crippen LogP contribution < -0.4 is 10.1 Å². The summed E-state index contributed by atoms with van der Waals surface area (Å²) in [6.45, 7) is 2.85. The Hall–Kier alpha value is -0.810. The molecule has 2 unspecified atom stereocenters. The molecule has 0 aliphatic carbocycles. The number of rotatable bonds is 9. The third-order valence-electron chi connectivity index (χ3n) is 2.85. The molecule has 0 aliphatic rings. The van der Waals surface area contributed by atoms with Crippen LogP contribution in [-0.4, -0.2) is 42.1 Å². The van der Waals surface area contributed by atoms with Crippen molar-refractivity contribution >= 4 is 11.6 Å². The van der Waals surface area contributed by atoms with Gasteiger partial charge in [0, 0.05) is 24.2 Å². The predicted octanol–water partition coefficient (Wildman–Crippen LogP) is 1.83. The number of nitrogens with one attached hydrogen (secondary N) is 1. The van der Waals surface area contributed by atoms with E-state index in [-0.39, 0.29) is 19.3 Å². The molecule has 0 aliphatic heterocycles. The van der Waals surface area contributed by atoms with Gasteiger partial charge in [0.25, 0.3) is 0 Å². The first-order chi connectivity index (χ1) is 9.15. The third kappa shape index (κ3) is 6.78. The minimum absolute atomic E-state index is 0.153. The van der Waals surface area contributed by atoms with Crippen LogP contribution in [0.5, 0.6) is 5.75 Å². The van der Waals surface area contributed by atoms with Gasteiger partial charge >= 0.3 is 0 Å². The highest BCUT2D eigenvalue weighted by Crippen LogP contribution is 2.17. The fourth-order valence-corrected chi connectivity index (χ4v) is 1.90. The van der Waals surface area contributed by atoms with E-state index in [2.05, 4.69) is 5.32 Å². The molecule has 108 valence electrons. The molecule has 3 N–H and O–H groups in total. The Bertz CT molecular complexity index is 362. The molecule has 1 aromatic carbocycles. The van der Waals surface area contributed by atoms with E-state index in [4.69, 9.17) is 21.4 Å². The molecule has 1 aromatic rings. The Morgan fingerprint density at radius 1 is 1.42 bits per heavy atom. The average molecular weight is 288 g/mol. The molecule has 2 atom stereocenters. The molecule has 4 nitrogen and oxygen atoms in total. The summed E-state index contributed by atoms with van der Waals surface area (Å²) in [4.78, 5) is 0. The van der Waals surface area contributed by atoms with Gasteiger partial charge in [0.1, 0.15) is 18.5 Å². The topological polar surface area (TPSA) is 61.7 Å². The normalized spacial score (nSPS) is 14.1. The summed E-state index contributed by atoms with van der Waals surface area (Å²) in [6.07, 6.45) is 1.02. The van der Waals surface area contributed by atoms with Gasteiger partial charge in [0.15, 0.2) is 0 Å². The summed E-state index contributed by atoms with van der Waals surface area (Å²) in [7, 11) is 0. The first-order valence-corrected chi connectivity index (χ1v) is 6.94. The molecule has 5 heteroatoms. The average Bonchev–Trinajstić information content (AvgIpc) is 2.41. The third-order valence-corrected chi connectivity index (χ3v) is 3.09. The summed E-state index contributed by atoms with van der Waals surface area (Å²) in [5.74, 6) is 0.647. The van der Waals surface area contributed by atoms with E-state index >= 15 is 0 Å². The predicted molar refractivity (Wildman–Crippen MR) is 76.7 cm³/mol. The van der Waals surface area contributed by atoms with E-state index in [0.29, 0.717) is 23.7 Å². The number of hydrogen-bond acceptors (Lipinski definition) is 4. The zero-order chi connectivity index (χ0) is 14.1. The van der Waals surface area contributed by atoms with Crippen LogP contribution in [0, 0.1) is 0 Å². The van der Waals surface area contributed by atoms with E-state index in [0.717, 1.165) is 6.42 Å². The van der Waals surface area contributed by atoms with Gasteiger partial charge in [-0.1, -0.05) is 24.6 Å². The largest absolute Gasteiger partial charge is 0.491 e. The van der Waals surface area contributed by atoms with Gasteiger partial charge in [0.2, 0.25) is 0 Å². The minimum Gasteiger partial charge on any atom is -0.491 e. The Morgan fingerprint density at radius 2 is 2.21 bits per heavy atom. The highest BCUT2D eigenvalue weighted by Gasteiger charge is 2.09. The maximum atomic E-state index is 9.81. The van der Waals surface area contributed by atoms with E-state index in [1.807, 2.05) is 6.92 Å². The summed E-state index contributed by atoms with van der Waals surface area (Å²) >= 11 is 5.84. The highest BCUT2D eigenvalue weighted by molar-refractivity contribution is 6.30. The minimum atomic E-state index is -0.591. The number of aliphatic hydroxyl groups is 2. The lowest BCUT2D eigenvalue weighted by Gasteiger charge is -2.19. The second kappa shape index (κ2) is 9.15. The molecule has 0 saturated carbocycles. The Morgan fingerprint density at radius 3 is 2.84 bits per heavy atom. The summed E-state index contributed by atoms with van der Waals surface area (Å²) in [5.41, 5.74) is 0. The van der Waals surface area contributed by atoms with Gasteiger partial charge in [-0.05, 0) is 31.0 Å². The zero-order valence-electron chi connectivity index (χ0n) is 11.2. The summed E-state index contributed by atoms with van der Waals surface area (Å²) in [6, 6.07) is 7.31. The van der Waals surface area contributed by atoms with Crippen molar-refractivity contribution in [2.75, 3.05) is 19.8 Å². The number of ether oxygens (including phenoxy) is 1. The molecule has 0 aromatic heterocycles. The molecule has 0 heterocycles. The molecular formula is C14H22ClNO3. The fourth-order valence-electron chi connectivity index (χ4n) is 1.72. The van der Waals surface area contributed by atoms with Crippen LogP contribution in [0.2, 0.25) is 5.02 Å². The Labute approximate surface area is 119 Å². The van der Waals surface area contributed by atoms with Crippen molar-refractivity contribution in [2.24, 2.45) is 0 Å². The van der Waals surface area contributed by atoms with Crippen molar-refractivity contribution in [3.63, 3.8) is 0 Å². The molecule has 0 fully saturated rings. The number of aliphatic hydroxyl groups excluding tert-OH is 2. The van der Waals surface area contributed by atoms with E-state index in [1.54, 1.807) is 24.3 Å². The van der Waals surface area contributed by atoms with Crippen molar-refractivity contribution in [1.82, 2.24) is 5.32 Å². The first-order valence-electron chi connectivity index (χ1n) is 6.56. The maximum Gasteiger partial charge on any atom is 0.120 e. The van der Waals surface area contributed by atoms with Gasteiger partial charge in [-0.15, -0.1) is 0 Å². The van der Waals surface area contributed by atoms with Crippen molar-refractivity contribution in [2.45, 2.75) is 31.9 Å². The standard InChI is InChI=1S/C14H22ClNO3/c1-2-12(6-7-17)16-9-13(18)10-19-14-5-3-4-11(15)8-14/h3-5,8,12-13,16-18H,2,6-7,9-10H2,1H3. The second-order valence-electron chi connectivity index (χ2n) is 4.45. The molecular weight excluding hydrogens is 266 g/mol. The van der Waals surface area contributed by atoms with Gasteiger partial charge in [-0.25, -0.2) is 0 Å². The summed E-state index contributed by atoms with van der Waals surface area (Å²) in [5, 5.41) is 22.5. The SMILES string of the molecule is CCC(CCO)NCC(O)COc1cccc(Cl)c1. The molecule has 0 radical (unpaired) electrons. The lowest BCUT2D eigenvalue weighted by Crippen LogP contribution is -2.38. The van der Waals surface area contributed by atoms with Crippen molar-refractivity contribution < 1.29 is 14.9 Å². The molecule has 0 spiro atoms. The zero-order valence-corrected chi connectivity index (χ0v) is 11.9. The molecule has 0 amide bonds. The van der Waals surface area contributed by atoms with E-state index in [1.165, 1.54) is 0 Å². The van der Waals surface area contributed by atoms with E-state index < -0.39 is 6.10 Å². The number of halogens is 1. The van der Waals surface area contributed by atoms with Crippen LogP contribution in [-0.2, 0) is 0 Å². The van der Waals surface area contributed by atoms with Gasteiger partial charge in [0.05, 0.1) is 0 Å². The number of benzene rings is 1. The van der Waals surface area contributed by atoms with Crippen molar-refractivity contribution in [3.05, 3.63) is 29.3 Å². The Kier molecular flexibility index (Phi) is 7.82. The highest BCUT2D eigenvalue weighted by atomic mass is 35.5. The van der Waals surface area contributed by atoms with Gasteiger partial charge in [-0.3, -0.25) is 0 Å². The first kappa shape index (κ1) is 16.2. The lowest BCUT2D eigenvalue weighted by molar-refractivity contribution is 0.102. The molecule has 0 bridgehead atoms. The van der Waals surface area contributed by atoms with Crippen LogP contribution in [0.4, 0.5) is 0 Å². The van der Waals surface area contributed by atoms with Crippen LogP contribution in [0.15, 0.2) is 24.3 Å². The van der Waals surface area contributed by atoms with Crippen molar-refractivity contribution in [1.29, 1.82) is 0 Å². The smallest absolute Gasteiger partial charge is 0.120 e. The van der Waals surface area contributed by atoms with Crippen LogP contribution in [0.1, 0.15) is 19.8 Å². The molecule has 1 rings (SSSR count). The van der Waals surface area contributed by atoms with Crippen LogP contribution >= 0.6 is 11.6 Å². The monoisotopic (exact) mass is 287 g/mol. The van der Waals surface area contributed by atoms with Crippen molar-refractivity contribution in [3.8, 4) is 5.75 Å². The second-order valence-corrected chi connectivity index (χ2v) is 4.88. The van der Waals surface area contributed by atoms with E-state index in [9.17, 15) is 5.11 Å². The molecule has 19 heavy (non-hydrogen) atoms. The van der Waals surface area contributed by atoms with Crippen LogP contribution in [0.25, 0.3) is 0 Å². The van der Waals surface area contributed by atoms with Gasteiger partial charge in [-0.2, -0.15) is 0 Å². The Balaban J connectivity index is 2.25. The van der Waals surface area contributed by atoms with Crippen LogP contribution in [0.3, 0.4) is 0 Å². The molecule has 0 saturated heterocycles. The maximum absolute atomic E-state index is 9.81. The number of hydrogen-bond donors (Lipinski definition) is 3. The lowest BCUT2D eigenvalue weighted by atomic mass is 10.1. The fraction of sp³-hybridized carbons (Fsp3) is 0.571. The quantitative estimate of drug-likeness (QED) is 0.648. The summed E-state index contributed by atoms with van der Waals surface area (Å²) < 4.78 is 5.45.